The van der Waals surface area contributed by atoms with Gasteiger partial charge in [-0.3, -0.25) is 0 Å². The fourth-order valence-electron chi connectivity index (χ4n) is 1.37. The van der Waals surface area contributed by atoms with Crippen molar-refractivity contribution in [2.75, 3.05) is 0 Å². The number of para-hydroxylation sites is 1. The van der Waals surface area contributed by atoms with Crippen LogP contribution in [0.3, 0.4) is 0 Å². The SMILES string of the molecule is Fc1ccc(C(Br)(Br)Br)cc1Oc1ccccc1. The number of benzene rings is 2. The Morgan fingerprint density at radius 3 is 2.22 bits per heavy atom. The largest absolute Gasteiger partial charge is 0.454 e. The van der Waals surface area contributed by atoms with Gasteiger partial charge in [-0.1, -0.05) is 72.1 Å². The van der Waals surface area contributed by atoms with Crippen LogP contribution in [0.15, 0.2) is 48.5 Å². The summed E-state index contributed by atoms with van der Waals surface area (Å²) in [6.45, 7) is 0. The van der Waals surface area contributed by atoms with Gasteiger partial charge in [-0.05, 0) is 29.8 Å². The first kappa shape index (κ1) is 14.0. The van der Waals surface area contributed by atoms with Crippen molar-refractivity contribution in [3.8, 4) is 11.5 Å². The van der Waals surface area contributed by atoms with E-state index in [0.29, 0.717) is 5.75 Å². The first-order chi connectivity index (χ1) is 8.47. The molecule has 0 saturated carbocycles. The molecular weight excluding hydrogens is 431 g/mol. The van der Waals surface area contributed by atoms with Gasteiger partial charge in [0.15, 0.2) is 13.7 Å². The molecule has 0 aliphatic carbocycles. The summed E-state index contributed by atoms with van der Waals surface area (Å²) in [5, 5.41) is 0. The summed E-state index contributed by atoms with van der Waals surface area (Å²) in [6, 6.07) is 13.7. The lowest BCUT2D eigenvalue weighted by Crippen LogP contribution is -1.99. The van der Waals surface area contributed by atoms with Crippen LogP contribution >= 0.6 is 47.8 Å². The maximum absolute atomic E-state index is 13.7. The second-order valence-corrected chi connectivity index (χ2v) is 10.3. The summed E-state index contributed by atoms with van der Waals surface area (Å²) in [4.78, 5) is 0. The van der Waals surface area contributed by atoms with E-state index < -0.39 is 7.96 Å². The normalized spacial score (nSPS) is 11.3. The number of hydrogen-bond acceptors (Lipinski definition) is 1. The summed E-state index contributed by atoms with van der Waals surface area (Å²) in [5.41, 5.74) is 0.801. The minimum absolute atomic E-state index is 0.182. The average molecular weight is 439 g/mol. The number of alkyl halides is 3. The molecular formula is C13H8Br3FO. The van der Waals surface area contributed by atoms with Crippen molar-refractivity contribution in [1.29, 1.82) is 0 Å². The molecule has 0 unspecified atom stereocenters. The van der Waals surface area contributed by atoms with Gasteiger partial charge in [0.25, 0.3) is 0 Å². The van der Waals surface area contributed by atoms with E-state index in [2.05, 4.69) is 47.8 Å². The van der Waals surface area contributed by atoms with Gasteiger partial charge in [-0.25, -0.2) is 4.39 Å². The lowest BCUT2D eigenvalue weighted by atomic mass is 10.2. The van der Waals surface area contributed by atoms with Gasteiger partial charge < -0.3 is 4.74 Å². The predicted octanol–water partition coefficient (Wildman–Crippen LogP) is 5.91. The zero-order valence-electron chi connectivity index (χ0n) is 9.04. The molecule has 0 N–H and O–H groups in total. The lowest BCUT2D eigenvalue weighted by molar-refractivity contribution is 0.441. The Bertz CT molecular complexity index is 538. The first-order valence-corrected chi connectivity index (χ1v) is 7.44. The molecule has 2 rings (SSSR count). The van der Waals surface area contributed by atoms with Gasteiger partial charge in [0.2, 0.25) is 0 Å². The van der Waals surface area contributed by atoms with E-state index in [1.165, 1.54) is 6.07 Å². The minimum Gasteiger partial charge on any atom is -0.454 e. The molecule has 0 radical (unpaired) electrons. The number of rotatable bonds is 2. The maximum atomic E-state index is 13.7. The highest BCUT2D eigenvalue weighted by atomic mass is 80.0. The van der Waals surface area contributed by atoms with Gasteiger partial charge in [0, 0.05) is 0 Å². The van der Waals surface area contributed by atoms with Gasteiger partial charge in [-0.15, -0.1) is 0 Å². The van der Waals surface area contributed by atoms with Gasteiger partial charge in [0.05, 0.1) is 0 Å². The van der Waals surface area contributed by atoms with E-state index >= 15 is 0 Å². The monoisotopic (exact) mass is 436 g/mol. The highest BCUT2D eigenvalue weighted by Crippen LogP contribution is 2.45. The first-order valence-electron chi connectivity index (χ1n) is 5.06. The molecule has 0 spiro atoms. The van der Waals surface area contributed by atoms with Crippen molar-refractivity contribution >= 4 is 47.8 Å². The summed E-state index contributed by atoms with van der Waals surface area (Å²) >= 11 is 10.2. The number of ether oxygens (including phenoxy) is 1. The van der Waals surface area contributed by atoms with Crippen LogP contribution in [0.25, 0.3) is 0 Å². The zero-order valence-corrected chi connectivity index (χ0v) is 13.8. The third-order valence-corrected chi connectivity index (χ3v) is 3.60. The van der Waals surface area contributed by atoms with Crippen LogP contribution in [0.1, 0.15) is 5.56 Å². The average Bonchev–Trinajstić information content (AvgIpc) is 2.32. The van der Waals surface area contributed by atoms with Crippen LogP contribution in [0, 0.1) is 5.82 Å². The van der Waals surface area contributed by atoms with E-state index in [0.717, 1.165) is 5.56 Å². The van der Waals surface area contributed by atoms with Gasteiger partial charge >= 0.3 is 0 Å². The zero-order chi connectivity index (χ0) is 13.2. The molecule has 1 nitrogen and oxygen atoms in total. The fourth-order valence-corrected chi connectivity index (χ4v) is 2.11. The fraction of sp³-hybridized carbons (Fsp3) is 0.0769. The van der Waals surface area contributed by atoms with Crippen LogP contribution in [-0.4, -0.2) is 0 Å². The number of hydrogen-bond donors (Lipinski definition) is 0. The molecule has 0 atom stereocenters. The van der Waals surface area contributed by atoms with Crippen LogP contribution in [0.2, 0.25) is 0 Å². The van der Waals surface area contributed by atoms with E-state index in [1.54, 1.807) is 24.3 Å². The standard InChI is InChI=1S/C13H8Br3FO/c14-13(15,16)9-6-7-11(17)12(8-9)18-10-4-2-1-3-5-10/h1-8H. The second kappa shape index (κ2) is 5.72. The van der Waals surface area contributed by atoms with Crippen molar-refractivity contribution in [3.63, 3.8) is 0 Å². The van der Waals surface area contributed by atoms with Crippen molar-refractivity contribution in [2.45, 2.75) is 2.14 Å². The Morgan fingerprint density at radius 1 is 0.944 bits per heavy atom. The highest BCUT2D eigenvalue weighted by Gasteiger charge is 2.22. The molecule has 0 bridgehead atoms. The van der Waals surface area contributed by atoms with E-state index in [4.69, 9.17) is 4.74 Å². The molecule has 0 heterocycles. The molecule has 94 valence electrons. The predicted molar refractivity (Wildman–Crippen MR) is 81.4 cm³/mol. The third-order valence-electron chi connectivity index (χ3n) is 2.23. The van der Waals surface area contributed by atoms with E-state index in [1.807, 2.05) is 18.2 Å². The molecule has 2 aromatic carbocycles. The van der Waals surface area contributed by atoms with Crippen LogP contribution in [0.4, 0.5) is 4.39 Å². The van der Waals surface area contributed by atoms with E-state index in [9.17, 15) is 4.39 Å². The Labute approximate surface area is 130 Å². The topological polar surface area (TPSA) is 9.23 Å². The lowest BCUT2D eigenvalue weighted by Gasteiger charge is -2.14. The number of halogens is 4. The molecule has 0 aliphatic rings. The molecule has 18 heavy (non-hydrogen) atoms. The van der Waals surface area contributed by atoms with Crippen molar-refractivity contribution in [2.24, 2.45) is 0 Å². The summed E-state index contributed by atoms with van der Waals surface area (Å²) in [5.74, 6) is 0.374. The Balaban J connectivity index is 2.33. The molecule has 0 aromatic heterocycles. The van der Waals surface area contributed by atoms with Gasteiger partial charge in [-0.2, -0.15) is 0 Å². The van der Waals surface area contributed by atoms with Crippen molar-refractivity contribution in [1.82, 2.24) is 0 Å². The van der Waals surface area contributed by atoms with Crippen molar-refractivity contribution < 1.29 is 9.13 Å². The molecule has 0 amide bonds. The highest BCUT2D eigenvalue weighted by molar-refractivity contribution is 9.38. The summed E-state index contributed by atoms with van der Waals surface area (Å²) < 4.78 is 18.6. The quantitative estimate of drug-likeness (QED) is 0.529. The molecule has 0 aliphatic heterocycles. The van der Waals surface area contributed by atoms with Gasteiger partial charge in [0.1, 0.15) is 5.75 Å². The molecule has 0 fully saturated rings. The van der Waals surface area contributed by atoms with Crippen LogP contribution in [0.5, 0.6) is 11.5 Å². The van der Waals surface area contributed by atoms with Crippen LogP contribution in [-0.2, 0) is 2.14 Å². The summed E-state index contributed by atoms with van der Waals surface area (Å²) in [7, 11) is 0. The third kappa shape index (κ3) is 3.56. The Hall–Kier alpha value is -0.390. The Kier molecular flexibility index (Phi) is 4.45. The van der Waals surface area contributed by atoms with Crippen LogP contribution < -0.4 is 4.74 Å². The maximum Gasteiger partial charge on any atom is 0.165 e. The molecule has 2 aromatic rings. The minimum atomic E-state index is -0.588. The summed E-state index contributed by atoms with van der Waals surface area (Å²) in [6.07, 6.45) is 0. The van der Waals surface area contributed by atoms with Crippen molar-refractivity contribution in [3.05, 3.63) is 59.9 Å². The molecule has 5 heteroatoms. The second-order valence-electron chi connectivity index (χ2n) is 3.56. The smallest absolute Gasteiger partial charge is 0.165 e. The molecule has 0 saturated heterocycles. The van der Waals surface area contributed by atoms with E-state index in [-0.39, 0.29) is 5.75 Å². The Morgan fingerprint density at radius 2 is 1.61 bits per heavy atom.